The summed E-state index contributed by atoms with van der Waals surface area (Å²) < 4.78 is 17.8. The molecule has 64 valence electrons. The molecule has 0 atom stereocenters. The Bertz CT molecular complexity index is 120. The highest BCUT2D eigenvalue weighted by Gasteiger charge is 2.00. The van der Waals surface area contributed by atoms with Gasteiger partial charge in [-0.1, -0.05) is 0 Å². The largest absolute Gasteiger partial charge is 0.466 e. The fourth-order valence-corrected chi connectivity index (χ4v) is 0. The molecule has 0 saturated heterocycles. The summed E-state index contributed by atoms with van der Waals surface area (Å²) in [5, 5.41) is 0. The summed E-state index contributed by atoms with van der Waals surface area (Å²) in [6.45, 7) is 0. The van der Waals surface area contributed by atoms with Gasteiger partial charge >= 0.3 is 15.6 Å². The first-order chi connectivity index (χ1) is 4.00. The maximum atomic E-state index is 8.88. The van der Waals surface area contributed by atoms with Gasteiger partial charge in [-0.05, 0) is 0 Å². The van der Waals surface area contributed by atoms with E-state index >= 15 is 0 Å². The molecule has 0 unspecified atom stereocenters. The van der Waals surface area contributed by atoms with Crippen LogP contribution in [-0.4, -0.2) is 29.4 Å². The van der Waals surface area contributed by atoms with Crippen LogP contribution in [0, 0.1) is 0 Å². The smallest absolute Gasteiger partial charge is 0.303 e. The Labute approximate surface area is 55.2 Å². The molecule has 0 aromatic carbocycles. The van der Waals surface area contributed by atoms with E-state index in [0.717, 1.165) is 0 Å². The molecule has 0 aliphatic carbocycles. The lowest BCUT2D eigenvalue weighted by Gasteiger charge is -1.82. The minimum Gasteiger partial charge on any atom is -0.303 e. The van der Waals surface area contributed by atoms with Crippen molar-refractivity contribution >= 4 is 15.6 Å². The van der Waals surface area contributed by atoms with Crippen LogP contribution in [0.2, 0.25) is 0 Å². The zero-order chi connectivity index (χ0) is 9.00. The van der Waals surface area contributed by atoms with Crippen molar-refractivity contribution in [3.8, 4) is 0 Å². The number of phosphoric acid groups is 2. The summed E-state index contributed by atoms with van der Waals surface area (Å²) in [6, 6.07) is 0. The van der Waals surface area contributed by atoms with Gasteiger partial charge in [0.25, 0.3) is 0 Å². The van der Waals surface area contributed by atoms with Crippen LogP contribution in [0.5, 0.6) is 0 Å². The van der Waals surface area contributed by atoms with E-state index in [1.807, 2.05) is 0 Å². The van der Waals surface area contributed by atoms with Gasteiger partial charge in [0.1, 0.15) is 0 Å². The molecule has 0 bridgehead atoms. The molecule has 0 aliphatic rings. The maximum absolute atomic E-state index is 8.88. The van der Waals surface area contributed by atoms with Crippen LogP contribution < -0.4 is 0 Å². The van der Waals surface area contributed by atoms with Crippen molar-refractivity contribution in [3.05, 3.63) is 0 Å². The van der Waals surface area contributed by atoms with Gasteiger partial charge in [-0.15, -0.1) is 0 Å². The summed E-state index contributed by atoms with van der Waals surface area (Å²) in [4.78, 5) is 43.1. The molecule has 0 heterocycles. The quantitative estimate of drug-likeness (QED) is 0.247. The van der Waals surface area contributed by atoms with E-state index in [2.05, 4.69) is 0 Å². The zero-order valence-electron chi connectivity index (χ0n) is 4.39. The lowest BCUT2D eigenvalue weighted by atomic mass is 15.8. The summed E-state index contributed by atoms with van der Waals surface area (Å²) >= 11 is 0. The molecule has 0 fully saturated rings. The molecule has 0 aromatic rings. The molecular formula is H6O8P2. The second-order valence-electron chi connectivity index (χ2n) is 1.03. The molecule has 0 aliphatic heterocycles. The van der Waals surface area contributed by atoms with E-state index in [-0.39, 0.29) is 0 Å². The van der Waals surface area contributed by atoms with Gasteiger partial charge < -0.3 is 29.4 Å². The van der Waals surface area contributed by atoms with E-state index in [9.17, 15) is 0 Å². The van der Waals surface area contributed by atoms with Gasteiger partial charge in [-0.2, -0.15) is 0 Å². The molecule has 0 saturated carbocycles. The molecular weight excluding hydrogens is 191 g/mol. The first-order valence-electron chi connectivity index (χ1n) is 1.57. The minimum absolute atomic E-state index is 4.64. The highest BCUT2D eigenvalue weighted by molar-refractivity contribution is 7.45. The van der Waals surface area contributed by atoms with Gasteiger partial charge in [0.15, 0.2) is 0 Å². The Kier molecular flexibility index (Phi) is 5.36. The van der Waals surface area contributed by atoms with E-state index in [0.29, 0.717) is 0 Å². The highest BCUT2D eigenvalue weighted by Crippen LogP contribution is 2.26. The van der Waals surface area contributed by atoms with Crippen molar-refractivity contribution in [2.45, 2.75) is 0 Å². The monoisotopic (exact) mass is 197 g/mol. The standard InChI is InChI=1S/2H3O4P/c2*1-5(2,3)4/h2*(H3,1,2,3,4)/i5+1;. The topological polar surface area (TPSA) is 156 Å². The molecule has 0 amide bonds. The van der Waals surface area contributed by atoms with Crippen LogP contribution in [0.4, 0.5) is 0 Å². The zero-order valence-corrected chi connectivity index (χ0v) is 6.18. The third kappa shape index (κ3) is 8850. The Balaban J connectivity index is 0. The van der Waals surface area contributed by atoms with Gasteiger partial charge in [0, 0.05) is 0 Å². The van der Waals surface area contributed by atoms with Crippen LogP contribution in [-0.2, 0) is 9.13 Å². The van der Waals surface area contributed by atoms with Crippen molar-refractivity contribution in [2.24, 2.45) is 0 Å². The van der Waals surface area contributed by atoms with E-state index in [4.69, 9.17) is 38.5 Å². The Morgan fingerprint density at radius 2 is 0.600 bits per heavy atom. The highest BCUT2D eigenvalue weighted by atomic mass is 32.2. The second kappa shape index (κ2) is 4.17. The van der Waals surface area contributed by atoms with Crippen LogP contribution in [0.25, 0.3) is 0 Å². The van der Waals surface area contributed by atoms with Gasteiger partial charge in [0.05, 0.1) is 0 Å². The van der Waals surface area contributed by atoms with Crippen molar-refractivity contribution in [1.82, 2.24) is 0 Å². The second-order valence-corrected chi connectivity index (χ2v) is 3.08. The molecule has 0 spiro atoms. The van der Waals surface area contributed by atoms with Crippen molar-refractivity contribution in [1.29, 1.82) is 0 Å². The predicted octanol–water partition coefficient (Wildman–Crippen LogP) is -1.86. The molecule has 0 rings (SSSR count). The third-order valence-corrected chi connectivity index (χ3v) is 0. The first-order valence-corrected chi connectivity index (χ1v) is 4.70. The summed E-state index contributed by atoms with van der Waals surface area (Å²) in [5.41, 5.74) is 0. The average Bonchev–Trinajstić information content (AvgIpc) is 1.12. The summed E-state index contributed by atoms with van der Waals surface area (Å²) in [5.74, 6) is 0. The number of hydrogen-bond acceptors (Lipinski definition) is 2. The van der Waals surface area contributed by atoms with Crippen molar-refractivity contribution < 1.29 is 38.5 Å². The van der Waals surface area contributed by atoms with E-state index in [1.165, 1.54) is 0 Å². The Hall–Kier alpha value is 0.220. The fourth-order valence-electron chi connectivity index (χ4n) is 0. The third-order valence-electron chi connectivity index (χ3n) is 0. The number of rotatable bonds is 0. The predicted molar refractivity (Wildman–Crippen MR) is 28.5 cm³/mol. The normalized spacial score (nSPS) is 11.8. The van der Waals surface area contributed by atoms with E-state index < -0.39 is 15.6 Å². The Morgan fingerprint density at radius 1 is 0.600 bits per heavy atom. The molecule has 10 heavy (non-hydrogen) atoms. The number of hydrogen-bond donors (Lipinski definition) is 6. The molecule has 0 aromatic heterocycles. The van der Waals surface area contributed by atoms with Gasteiger partial charge in [0.2, 0.25) is 0 Å². The van der Waals surface area contributed by atoms with Crippen LogP contribution in [0.1, 0.15) is 0 Å². The molecule has 8 nitrogen and oxygen atoms in total. The lowest BCUT2D eigenvalue weighted by molar-refractivity contribution is 0.272. The van der Waals surface area contributed by atoms with Crippen molar-refractivity contribution in [3.63, 3.8) is 0 Å². The fraction of sp³-hybridized carbons (Fsp3) is 0. The molecule has 0 radical (unpaired) electrons. The SMILES string of the molecule is O=P(O)(O)O.O=[32P](O)(O)O. The van der Waals surface area contributed by atoms with Crippen LogP contribution in [0.15, 0.2) is 0 Å². The van der Waals surface area contributed by atoms with E-state index in [1.54, 1.807) is 0 Å². The lowest BCUT2D eigenvalue weighted by Crippen LogP contribution is -1.66. The van der Waals surface area contributed by atoms with Crippen LogP contribution in [0.3, 0.4) is 0 Å². The maximum Gasteiger partial charge on any atom is 0.466 e. The molecule has 6 N–H and O–H groups in total. The van der Waals surface area contributed by atoms with Gasteiger partial charge in [-0.3, -0.25) is 0 Å². The minimum atomic E-state index is -4.64. The summed E-state index contributed by atoms with van der Waals surface area (Å²) in [7, 11) is -9.28. The van der Waals surface area contributed by atoms with Gasteiger partial charge in [-0.25, -0.2) is 9.13 Å². The summed E-state index contributed by atoms with van der Waals surface area (Å²) in [6.07, 6.45) is 0. The molecule has 10 heteroatoms. The van der Waals surface area contributed by atoms with Crippen LogP contribution >= 0.6 is 15.6 Å². The van der Waals surface area contributed by atoms with Crippen molar-refractivity contribution in [2.75, 3.05) is 0 Å². The first kappa shape index (κ1) is 12.9. The Morgan fingerprint density at radius 3 is 0.600 bits per heavy atom. The average molecular weight is 197 g/mol.